The maximum atomic E-state index is 12.4. The first kappa shape index (κ1) is 19.6. The maximum Gasteiger partial charge on any atom is 0.411 e. The predicted octanol–water partition coefficient (Wildman–Crippen LogP) is 4.18. The van der Waals surface area contributed by atoms with Crippen molar-refractivity contribution < 1.29 is 17.9 Å². The van der Waals surface area contributed by atoms with E-state index in [2.05, 4.69) is 32.3 Å². The monoisotopic (exact) mass is 422 g/mol. The van der Waals surface area contributed by atoms with E-state index in [1.54, 1.807) is 22.7 Å². The normalized spacial score (nSPS) is 11.3. The van der Waals surface area contributed by atoms with Crippen LogP contribution in [0.15, 0.2) is 58.1 Å². The molecule has 3 rings (SSSR count). The van der Waals surface area contributed by atoms with Gasteiger partial charge in [0.2, 0.25) is 10.0 Å². The number of carbonyl (C=O) groups is 1. The van der Waals surface area contributed by atoms with E-state index >= 15 is 0 Å². The van der Waals surface area contributed by atoms with E-state index in [1.807, 2.05) is 11.4 Å². The highest BCUT2D eigenvalue weighted by atomic mass is 32.2. The van der Waals surface area contributed by atoms with Gasteiger partial charge in [-0.2, -0.15) is 11.3 Å². The first-order chi connectivity index (χ1) is 13.0. The van der Waals surface area contributed by atoms with Gasteiger partial charge in [0.25, 0.3) is 0 Å². The molecule has 6 nitrogen and oxygen atoms in total. The minimum atomic E-state index is -3.61. The van der Waals surface area contributed by atoms with Gasteiger partial charge in [0.15, 0.2) is 0 Å². The molecule has 0 atom stereocenters. The van der Waals surface area contributed by atoms with Crippen LogP contribution in [0.1, 0.15) is 4.88 Å². The van der Waals surface area contributed by atoms with Crippen LogP contribution in [-0.4, -0.2) is 28.2 Å². The number of ether oxygens (including phenoxy) is 1. The van der Waals surface area contributed by atoms with E-state index in [0.29, 0.717) is 18.7 Å². The molecule has 0 spiro atoms. The molecule has 2 aromatic heterocycles. The molecule has 3 aromatic rings. The van der Waals surface area contributed by atoms with Crippen molar-refractivity contribution in [1.82, 2.24) is 4.72 Å². The zero-order valence-corrected chi connectivity index (χ0v) is 16.9. The summed E-state index contributed by atoms with van der Waals surface area (Å²) >= 11 is 3.32. The number of hydrogen-bond acceptors (Lipinski definition) is 6. The lowest BCUT2D eigenvalue weighted by atomic mass is 10.3. The fraction of sp³-hybridized carbons (Fsp3) is 0.167. The highest BCUT2D eigenvalue weighted by molar-refractivity contribution is 7.89. The van der Waals surface area contributed by atoms with Crippen molar-refractivity contribution in [2.45, 2.75) is 11.3 Å². The molecule has 2 N–H and O–H groups in total. The van der Waals surface area contributed by atoms with Crippen molar-refractivity contribution in [1.29, 1.82) is 0 Å². The third kappa shape index (κ3) is 5.16. The Morgan fingerprint density at radius 3 is 2.56 bits per heavy atom. The summed E-state index contributed by atoms with van der Waals surface area (Å²) < 4.78 is 31.9. The smallest absolute Gasteiger partial charge is 0.411 e. The molecule has 0 radical (unpaired) electrons. The second-order valence-electron chi connectivity index (χ2n) is 5.57. The molecule has 0 saturated heterocycles. The fourth-order valence-corrected chi connectivity index (χ4v) is 5.12. The van der Waals surface area contributed by atoms with Crippen LogP contribution in [-0.2, 0) is 21.2 Å². The number of thiophene rings is 2. The quantitative estimate of drug-likeness (QED) is 0.598. The second-order valence-corrected chi connectivity index (χ2v) is 9.28. The molecule has 1 aromatic carbocycles. The van der Waals surface area contributed by atoms with E-state index in [1.165, 1.54) is 41.8 Å². The van der Waals surface area contributed by atoms with Gasteiger partial charge in [0.05, 0.1) is 12.0 Å². The number of rotatable bonds is 7. The average molecular weight is 423 g/mol. The van der Waals surface area contributed by atoms with E-state index < -0.39 is 16.1 Å². The van der Waals surface area contributed by atoms with Crippen molar-refractivity contribution in [3.05, 3.63) is 58.1 Å². The molecule has 0 fully saturated rings. The van der Waals surface area contributed by atoms with Crippen molar-refractivity contribution in [3.63, 3.8) is 0 Å². The summed E-state index contributed by atoms with van der Waals surface area (Å²) in [6.07, 6.45) is 0.0113. The van der Waals surface area contributed by atoms with Crippen LogP contribution >= 0.6 is 22.7 Å². The Bertz CT molecular complexity index is 994. The van der Waals surface area contributed by atoms with Crippen molar-refractivity contribution in [2.24, 2.45) is 0 Å². The number of hydrogen-bond donors (Lipinski definition) is 2. The summed E-state index contributed by atoms with van der Waals surface area (Å²) in [5.41, 5.74) is 1.65. The van der Waals surface area contributed by atoms with Crippen LogP contribution in [0.25, 0.3) is 10.4 Å². The largest absolute Gasteiger partial charge is 0.453 e. The summed E-state index contributed by atoms with van der Waals surface area (Å²) in [5, 5.41) is 6.61. The first-order valence-electron chi connectivity index (χ1n) is 8.04. The summed E-state index contributed by atoms with van der Waals surface area (Å²) in [6.45, 7) is 0.314. The molecule has 0 aliphatic rings. The molecular weight excluding hydrogens is 404 g/mol. The van der Waals surface area contributed by atoms with Gasteiger partial charge in [-0.3, -0.25) is 5.32 Å². The van der Waals surface area contributed by atoms with Gasteiger partial charge in [-0.1, -0.05) is 0 Å². The number of methoxy groups -OCH3 is 1. The molecule has 1 amide bonds. The number of amides is 1. The number of anilines is 1. The van der Waals surface area contributed by atoms with Gasteiger partial charge in [-0.15, -0.1) is 11.3 Å². The molecule has 142 valence electrons. The highest BCUT2D eigenvalue weighted by Gasteiger charge is 2.14. The van der Waals surface area contributed by atoms with Crippen LogP contribution in [0.3, 0.4) is 0 Å². The van der Waals surface area contributed by atoms with E-state index in [-0.39, 0.29) is 4.90 Å². The Kier molecular flexibility index (Phi) is 6.27. The Morgan fingerprint density at radius 1 is 1.11 bits per heavy atom. The maximum absolute atomic E-state index is 12.4. The van der Waals surface area contributed by atoms with Gasteiger partial charge < -0.3 is 4.74 Å². The summed E-state index contributed by atoms with van der Waals surface area (Å²) in [5.74, 6) is 0. The Hall–Kier alpha value is -2.20. The number of nitrogens with one attached hydrogen (secondary N) is 2. The van der Waals surface area contributed by atoms with Crippen molar-refractivity contribution in [2.75, 3.05) is 19.0 Å². The van der Waals surface area contributed by atoms with Crippen molar-refractivity contribution in [3.8, 4) is 10.4 Å². The van der Waals surface area contributed by atoms with Crippen LogP contribution < -0.4 is 10.0 Å². The van der Waals surface area contributed by atoms with Crippen LogP contribution in [0, 0.1) is 0 Å². The highest BCUT2D eigenvalue weighted by Crippen LogP contribution is 2.29. The Morgan fingerprint density at radius 2 is 1.89 bits per heavy atom. The molecule has 0 bridgehead atoms. The van der Waals surface area contributed by atoms with Gasteiger partial charge in [0, 0.05) is 27.5 Å². The van der Waals surface area contributed by atoms with Crippen molar-refractivity contribution >= 4 is 44.5 Å². The van der Waals surface area contributed by atoms with Gasteiger partial charge in [-0.05, 0) is 59.6 Å². The van der Waals surface area contributed by atoms with E-state index in [9.17, 15) is 13.2 Å². The Balaban J connectivity index is 1.56. The standard InChI is InChI=1S/C18H18N2O4S3/c1-24-18(21)20-14-2-5-16(6-3-14)27(22,23)19-10-8-15-4-7-17(26-15)13-9-11-25-12-13/h2-7,9,11-12,19H,8,10H2,1H3,(H,20,21). The summed E-state index contributed by atoms with van der Waals surface area (Å²) in [6, 6.07) is 12.1. The zero-order chi connectivity index (χ0) is 19.3. The molecule has 2 heterocycles. The molecule has 9 heteroatoms. The molecule has 27 heavy (non-hydrogen) atoms. The molecular formula is C18H18N2O4S3. The van der Waals surface area contributed by atoms with Gasteiger partial charge in [-0.25, -0.2) is 17.9 Å². The molecule has 0 aliphatic carbocycles. The lowest BCUT2D eigenvalue weighted by molar-refractivity contribution is 0.187. The zero-order valence-electron chi connectivity index (χ0n) is 14.5. The molecule has 0 saturated carbocycles. The van der Waals surface area contributed by atoms with Crippen LogP contribution in [0.5, 0.6) is 0 Å². The minimum absolute atomic E-state index is 0.142. The lowest BCUT2D eigenvalue weighted by Gasteiger charge is -2.08. The van der Waals surface area contributed by atoms with Gasteiger partial charge in [0.1, 0.15) is 0 Å². The third-order valence-electron chi connectivity index (χ3n) is 3.73. The first-order valence-corrected chi connectivity index (χ1v) is 11.3. The topological polar surface area (TPSA) is 84.5 Å². The predicted molar refractivity (Wildman–Crippen MR) is 109 cm³/mol. The van der Waals surface area contributed by atoms with E-state index in [0.717, 1.165) is 4.88 Å². The Labute approximate surface area is 165 Å². The second kappa shape index (κ2) is 8.66. The number of benzene rings is 1. The van der Waals surface area contributed by atoms with Gasteiger partial charge >= 0.3 is 6.09 Å². The number of carbonyl (C=O) groups excluding carboxylic acids is 1. The minimum Gasteiger partial charge on any atom is -0.453 e. The van der Waals surface area contributed by atoms with Crippen LogP contribution in [0.4, 0.5) is 10.5 Å². The summed E-state index contributed by atoms with van der Waals surface area (Å²) in [4.78, 5) is 13.6. The average Bonchev–Trinajstić information content (AvgIpc) is 3.33. The van der Waals surface area contributed by atoms with Crippen LogP contribution in [0.2, 0.25) is 0 Å². The lowest BCUT2D eigenvalue weighted by Crippen LogP contribution is -2.25. The SMILES string of the molecule is COC(=O)Nc1ccc(S(=O)(=O)NCCc2ccc(-c3ccsc3)s2)cc1. The molecule has 0 unspecified atom stereocenters. The fourth-order valence-electron chi connectivity index (χ4n) is 2.35. The van der Waals surface area contributed by atoms with E-state index in [4.69, 9.17) is 0 Å². The number of sulfonamides is 1. The molecule has 0 aliphatic heterocycles. The summed E-state index contributed by atoms with van der Waals surface area (Å²) in [7, 11) is -2.35. The third-order valence-corrected chi connectivity index (χ3v) is 7.08.